The summed E-state index contributed by atoms with van der Waals surface area (Å²) in [7, 11) is 3.30. The zero-order valence-electron chi connectivity index (χ0n) is 16.7. The van der Waals surface area contributed by atoms with Crippen LogP contribution in [0.2, 0.25) is 0 Å². The number of aromatic nitrogens is 1. The van der Waals surface area contributed by atoms with Gasteiger partial charge in [-0.3, -0.25) is 4.79 Å². The number of pyridine rings is 1. The molecule has 2 heterocycles. The molecule has 7 heteroatoms. The third-order valence-corrected chi connectivity index (χ3v) is 4.82. The van der Waals surface area contributed by atoms with Crippen LogP contribution in [0.4, 0.5) is 11.5 Å². The van der Waals surface area contributed by atoms with Crippen LogP contribution in [0.3, 0.4) is 0 Å². The predicted octanol–water partition coefficient (Wildman–Crippen LogP) is 2.93. The largest absolute Gasteiger partial charge is 0.497 e. The average Bonchev–Trinajstić information content (AvgIpc) is 2.74. The van der Waals surface area contributed by atoms with E-state index < -0.39 is 0 Å². The maximum atomic E-state index is 11.9. The van der Waals surface area contributed by atoms with Gasteiger partial charge in [0.25, 0.3) is 5.91 Å². The van der Waals surface area contributed by atoms with E-state index in [4.69, 9.17) is 9.47 Å². The molecule has 1 aromatic heterocycles. The molecule has 150 valence electrons. The van der Waals surface area contributed by atoms with Crippen LogP contribution in [0.1, 0.15) is 30.1 Å². The van der Waals surface area contributed by atoms with Crippen LogP contribution in [0.15, 0.2) is 36.5 Å². The highest BCUT2D eigenvalue weighted by molar-refractivity contribution is 5.94. The number of benzene rings is 1. The van der Waals surface area contributed by atoms with Crippen molar-refractivity contribution < 1.29 is 14.3 Å². The lowest BCUT2D eigenvalue weighted by Crippen LogP contribution is -2.42. The second-order valence-electron chi connectivity index (χ2n) is 6.80. The standard InChI is InChI=1S/C21H28N4O3/c1-4-22-21(26)15-7-8-20(23-13-15)25-9-5-6-16(14-25)24-17-10-18(27-2)12-19(11-17)28-3/h7-8,10-13,16,24H,4-6,9,14H2,1-3H3,(H,22,26). The van der Waals surface area contributed by atoms with Crippen molar-refractivity contribution in [2.75, 3.05) is 44.1 Å². The minimum absolute atomic E-state index is 0.0910. The molecular weight excluding hydrogens is 356 g/mol. The fourth-order valence-electron chi connectivity index (χ4n) is 3.40. The van der Waals surface area contributed by atoms with Crippen molar-refractivity contribution in [3.05, 3.63) is 42.1 Å². The Kier molecular flexibility index (Phi) is 6.57. The molecule has 1 aliphatic rings. The molecule has 28 heavy (non-hydrogen) atoms. The molecule has 1 aliphatic heterocycles. The molecule has 3 rings (SSSR count). The highest BCUT2D eigenvalue weighted by atomic mass is 16.5. The van der Waals surface area contributed by atoms with Gasteiger partial charge < -0.3 is 25.0 Å². The van der Waals surface area contributed by atoms with E-state index in [9.17, 15) is 4.79 Å². The Balaban J connectivity index is 1.66. The van der Waals surface area contributed by atoms with Gasteiger partial charge in [-0.25, -0.2) is 4.98 Å². The highest BCUT2D eigenvalue weighted by Crippen LogP contribution is 2.28. The summed E-state index contributed by atoms with van der Waals surface area (Å²) >= 11 is 0. The molecule has 0 aliphatic carbocycles. The topological polar surface area (TPSA) is 75.7 Å². The molecule has 0 spiro atoms. The van der Waals surface area contributed by atoms with Gasteiger partial charge in [0.15, 0.2) is 0 Å². The number of amides is 1. The van der Waals surface area contributed by atoms with E-state index in [-0.39, 0.29) is 11.9 Å². The van der Waals surface area contributed by atoms with Crippen molar-refractivity contribution in [1.82, 2.24) is 10.3 Å². The minimum atomic E-state index is -0.0910. The van der Waals surface area contributed by atoms with Gasteiger partial charge >= 0.3 is 0 Å². The van der Waals surface area contributed by atoms with E-state index in [2.05, 4.69) is 20.5 Å². The van der Waals surface area contributed by atoms with Crippen molar-refractivity contribution in [2.24, 2.45) is 0 Å². The monoisotopic (exact) mass is 384 g/mol. The van der Waals surface area contributed by atoms with Crippen LogP contribution in [0.5, 0.6) is 11.5 Å². The summed E-state index contributed by atoms with van der Waals surface area (Å²) in [6.45, 7) is 4.30. The summed E-state index contributed by atoms with van der Waals surface area (Å²) in [6, 6.07) is 9.84. The van der Waals surface area contributed by atoms with Crippen molar-refractivity contribution >= 4 is 17.4 Å². The lowest BCUT2D eigenvalue weighted by molar-refractivity contribution is 0.0955. The number of nitrogens with zero attached hydrogens (tertiary/aromatic N) is 2. The number of ether oxygens (including phenoxy) is 2. The van der Waals surface area contributed by atoms with Crippen molar-refractivity contribution in [3.8, 4) is 11.5 Å². The first-order chi connectivity index (χ1) is 13.6. The second kappa shape index (κ2) is 9.30. The maximum Gasteiger partial charge on any atom is 0.252 e. The molecule has 1 aromatic carbocycles. The van der Waals surface area contributed by atoms with Crippen LogP contribution >= 0.6 is 0 Å². The lowest BCUT2D eigenvalue weighted by Gasteiger charge is -2.34. The van der Waals surface area contributed by atoms with Crippen LogP contribution < -0.4 is 25.0 Å². The van der Waals surface area contributed by atoms with Gasteiger partial charge in [0.1, 0.15) is 17.3 Å². The van der Waals surface area contributed by atoms with E-state index >= 15 is 0 Å². The fourth-order valence-corrected chi connectivity index (χ4v) is 3.40. The number of carbonyl (C=O) groups excluding carboxylic acids is 1. The van der Waals surface area contributed by atoms with Gasteiger partial charge in [-0.05, 0) is 31.9 Å². The molecule has 0 saturated carbocycles. The molecule has 1 unspecified atom stereocenters. The first kappa shape index (κ1) is 19.8. The minimum Gasteiger partial charge on any atom is -0.497 e. The van der Waals surface area contributed by atoms with Crippen molar-refractivity contribution in [3.63, 3.8) is 0 Å². The molecule has 1 saturated heterocycles. The first-order valence-electron chi connectivity index (χ1n) is 9.61. The normalized spacial score (nSPS) is 16.4. The van der Waals surface area contributed by atoms with Crippen LogP contribution in [-0.4, -0.2) is 50.8 Å². The maximum absolute atomic E-state index is 11.9. The summed E-state index contributed by atoms with van der Waals surface area (Å²) in [5.41, 5.74) is 1.56. The Hall–Kier alpha value is -2.96. The number of carbonyl (C=O) groups is 1. The summed E-state index contributed by atoms with van der Waals surface area (Å²) in [5, 5.41) is 6.37. The number of piperidine rings is 1. The Morgan fingerprint density at radius 1 is 1.21 bits per heavy atom. The molecule has 1 atom stereocenters. The molecular formula is C21H28N4O3. The second-order valence-corrected chi connectivity index (χ2v) is 6.80. The summed E-state index contributed by atoms with van der Waals surface area (Å²) in [5.74, 6) is 2.32. The summed E-state index contributed by atoms with van der Waals surface area (Å²) in [6.07, 6.45) is 3.79. The molecule has 2 N–H and O–H groups in total. The molecule has 0 radical (unpaired) electrons. The number of hydrogen-bond donors (Lipinski definition) is 2. The Morgan fingerprint density at radius 3 is 2.57 bits per heavy atom. The third-order valence-electron chi connectivity index (χ3n) is 4.82. The smallest absolute Gasteiger partial charge is 0.252 e. The summed E-state index contributed by atoms with van der Waals surface area (Å²) in [4.78, 5) is 18.6. The van der Waals surface area contributed by atoms with Crippen molar-refractivity contribution in [1.29, 1.82) is 0 Å². The zero-order chi connectivity index (χ0) is 19.9. The molecule has 2 aromatic rings. The number of anilines is 2. The average molecular weight is 384 g/mol. The van der Waals surface area contributed by atoms with Crippen LogP contribution in [-0.2, 0) is 0 Å². The molecule has 7 nitrogen and oxygen atoms in total. The highest BCUT2D eigenvalue weighted by Gasteiger charge is 2.21. The quantitative estimate of drug-likeness (QED) is 0.764. The van der Waals surface area contributed by atoms with Crippen molar-refractivity contribution in [2.45, 2.75) is 25.8 Å². The van der Waals surface area contributed by atoms with E-state index in [1.54, 1.807) is 20.4 Å². The number of rotatable bonds is 7. The van der Waals surface area contributed by atoms with Gasteiger partial charge in [0.05, 0.1) is 19.8 Å². The molecule has 1 amide bonds. The fraction of sp³-hybridized carbons (Fsp3) is 0.429. The predicted molar refractivity (Wildman–Crippen MR) is 111 cm³/mol. The van der Waals surface area contributed by atoms with E-state index in [0.29, 0.717) is 12.1 Å². The summed E-state index contributed by atoms with van der Waals surface area (Å²) < 4.78 is 10.7. The van der Waals surface area contributed by atoms with Gasteiger partial charge in [0, 0.05) is 55.8 Å². The van der Waals surface area contributed by atoms with E-state index in [1.807, 2.05) is 37.3 Å². The third kappa shape index (κ3) is 4.85. The van der Waals surface area contributed by atoms with Gasteiger partial charge in [-0.2, -0.15) is 0 Å². The number of methoxy groups -OCH3 is 2. The zero-order valence-corrected chi connectivity index (χ0v) is 16.7. The van der Waals surface area contributed by atoms with Gasteiger partial charge in [-0.1, -0.05) is 0 Å². The number of hydrogen-bond acceptors (Lipinski definition) is 6. The first-order valence-corrected chi connectivity index (χ1v) is 9.61. The van der Waals surface area contributed by atoms with Gasteiger partial charge in [-0.15, -0.1) is 0 Å². The van der Waals surface area contributed by atoms with Gasteiger partial charge in [0.2, 0.25) is 0 Å². The SMILES string of the molecule is CCNC(=O)c1ccc(N2CCCC(Nc3cc(OC)cc(OC)c3)C2)nc1. The Bertz CT molecular complexity index is 772. The molecule has 0 bridgehead atoms. The Morgan fingerprint density at radius 2 is 1.96 bits per heavy atom. The lowest BCUT2D eigenvalue weighted by atomic mass is 10.0. The van der Waals surface area contributed by atoms with Crippen LogP contribution in [0, 0.1) is 0 Å². The van der Waals surface area contributed by atoms with E-state index in [1.165, 1.54) is 0 Å². The number of nitrogens with one attached hydrogen (secondary N) is 2. The van der Waals surface area contributed by atoms with Crippen LogP contribution in [0.25, 0.3) is 0 Å². The van der Waals surface area contributed by atoms with E-state index in [0.717, 1.165) is 48.9 Å². The molecule has 1 fully saturated rings. The Labute approximate surface area is 166 Å².